The highest BCUT2D eigenvalue weighted by Gasteiger charge is 2.22. The van der Waals surface area contributed by atoms with Crippen LogP contribution in [-0.4, -0.2) is 38.8 Å². The Morgan fingerprint density at radius 2 is 1.96 bits per heavy atom. The van der Waals surface area contributed by atoms with E-state index in [1.807, 2.05) is 11.5 Å². The monoisotopic (exact) mass is 371 g/mol. The molecule has 5 heteroatoms. The molecule has 2 heterocycles. The third-order valence-corrected chi connectivity index (χ3v) is 5.76. The number of nitrogens with one attached hydrogen (secondary N) is 2. The van der Waals surface area contributed by atoms with Crippen molar-refractivity contribution in [1.29, 1.82) is 0 Å². The van der Waals surface area contributed by atoms with Gasteiger partial charge in [0.05, 0.1) is 13.2 Å². The Morgan fingerprint density at radius 3 is 2.62 bits per heavy atom. The SMILES string of the molecule is Cc1ccc([C@@H](C[NH+]2CCOCC2)NC(=O)/C=C/c2sccc2C)cc1. The van der Waals surface area contributed by atoms with Crippen LogP contribution in [0.4, 0.5) is 0 Å². The smallest absolute Gasteiger partial charge is 0.244 e. The van der Waals surface area contributed by atoms with Crippen molar-refractivity contribution in [2.75, 3.05) is 32.8 Å². The van der Waals surface area contributed by atoms with Crippen molar-refractivity contribution in [1.82, 2.24) is 5.32 Å². The van der Waals surface area contributed by atoms with Gasteiger partial charge in [0, 0.05) is 11.0 Å². The lowest BCUT2D eigenvalue weighted by Gasteiger charge is -2.28. The van der Waals surface area contributed by atoms with Gasteiger partial charge >= 0.3 is 0 Å². The summed E-state index contributed by atoms with van der Waals surface area (Å²) in [5, 5.41) is 5.24. The number of thiophene rings is 1. The highest BCUT2D eigenvalue weighted by Crippen LogP contribution is 2.17. The summed E-state index contributed by atoms with van der Waals surface area (Å²) >= 11 is 1.65. The normalized spacial score (nSPS) is 16.7. The molecule has 0 bridgehead atoms. The van der Waals surface area contributed by atoms with E-state index in [1.165, 1.54) is 16.0 Å². The number of aryl methyl sites for hydroxylation is 2. The van der Waals surface area contributed by atoms with Gasteiger partial charge in [-0.25, -0.2) is 0 Å². The Bertz CT molecular complexity index is 746. The first-order valence-corrected chi connectivity index (χ1v) is 10.0. The summed E-state index contributed by atoms with van der Waals surface area (Å²) in [6, 6.07) is 10.5. The van der Waals surface area contributed by atoms with Gasteiger partial charge in [0.2, 0.25) is 5.91 Å². The first kappa shape index (κ1) is 18.8. The summed E-state index contributed by atoms with van der Waals surface area (Å²) in [6.45, 7) is 8.58. The van der Waals surface area contributed by atoms with Crippen LogP contribution in [0.25, 0.3) is 6.08 Å². The summed E-state index contributed by atoms with van der Waals surface area (Å²) in [6.07, 6.45) is 3.55. The Hall–Kier alpha value is -1.95. The average molecular weight is 372 g/mol. The van der Waals surface area contributed by atoms with E-state index in [1.54, 1.807) is 17.4 Å². The number of quaternary nitrogens is 1. The fraction of sp³-hybridized carbons (Fsp3) is 0.381. The van der Waals surface area contributed by atoms with E-state index in [4.69, 9.17) is 4.74 Å². The molecule has 1 aliphatic heterocycles. The molecule has 1 saturated heterocycles. The van der Waals surface area contributed by atoms with Crippen LogP contribution >= 0.6 is 11.3 Å². The number of carbonyl (C=O) groups is 1. The summed E-state index contributed by atoms with van der Waals surface area (Å²) in [5.74, 6) is -0.0453. The lowest BCUT2D eigenvalue weighted by molar-refractivity contribution is -0.909. The zero-order valence-corrected chi connectivity index (χ0v) is 16.3. The van der Waals surface area contributed by atoms with Crippen molar-refractivity contribution in [3.63, 3.8) is 0 Å². The molecule has 1 aromatic carbocycles. The molecule has 1 fully saturated rings. The minimum Gasteiger partial charge on any atom is -0.370 e. The highest BCUT2D eigenvalue weighted by atomic mass is 32.1. The molecule has 1 amide bonds. The Kier molecular flexibility index (Phi) is 6.61. The number of hydrogen-bond donors (Lipinski definition) is 2. The Balaban J connectivity index is 1.69. The minimum atomic E-state index is -0.0453. The molecule has 0 saturated carbocycles. The van der Waals surface area contributed by atoms with Gasteiger partial charge in [0.15, 0.2) is 0 Å². The van der Waals surface area contributed by atoms with Crippen molar-refractivity contribution in [3.8, 4) is 0 Å². The number of amides is 1. The molecule has 0 aliphatic carbocycles. The number of hydrogen-bond acceptors (Lipinski definition) is 3. The van der Waals surface area contributed by atoms with E-state index in [-0.39, 0.29) is 11.9 Å². The molecule has 0 unspecified atom stereocenters. The lowest BCUT2D eigenvalue weighted by Crippen LogP contribution is -3.14. The number of morpholine rings is 1. The lowest BCUT2D eigenvalue weighted by atomic mass is 10.0. The van der Waals surface area contributed by atoms with Gasteiger partial charge in [-0.1, -0.05) is 29.8 Å². The molecule has 2 N–H and O–H groups in total. The number of benzene rings is 1. The fourth-order valence-corrected chi connectivity index (χ4v) is 3.95. The maximum atomic E-state index is 12.5. The Labute approximate surface area is 159 Å². The van der Waals surface area contributed by atoms with Crippen LogP contribution in [0.5, 0.6) is 0 Å². The van der Waals surface area contributed by atoms with Crippen molar-refractivity contribution in [3.05, 3.63) is 63.4 Å². The molecule has 0 radical (unpaired) electrons. The molecule has 4 nitrogen and oxygen atoms in total. The molecule has 1 aromatic heterocycles. The van der Waals surface area contributed by atoms with Crippen molar-refractivity contribution >= 4 is 23.3 Å². The predicted molar refractivity (Wildman–Crippen MR) is 107 cm³/mol. The zero-order chi connectivity index (χ0) is 18.4. The quantitative estimate of drug-likeness (QED) is 0.764. The van der Waals surface area contributed by atoms with E-state index >= 15 is 0 Å². The van der Waals surface area contributed by atoms with Gasteiger partial charge in [-0.2, -0.15) is 0 Å². The van der Waals surface area contributed by atoms with Crippen molar-refractivity contribution < 1.29 is 14.4 Å². The molecule has 1 atom stereocenters. The van der Waals surface area contributed by atoms with Crippen molar-refractivity contribution in [2.24, 2.45) is 0 Å². The fourth-order valence-electron chi connectivity index (χ4n) is 3.13. The molecule has 2 aromatic rings. The van der Waals surface area contributed by atoms with E-state index in [0.29, 0.717) is 0 Å². The van der Waals surface area contributed by atoms with Crippen LogP contribution in [0, 0.1) is 13.8 Å². The zero-order valence-electron chi connectivity index (χ0n) is 15.5. The number of rotatable bonds is 6. The van der Waals surface area contributed by atoms with Crippen LogP contribution in [0.3, 0.4) is 0 Å². The predicted octanol–water partition coefficient (Wildman–Crippen LogP) is 2.15. The molecule has 3 rings (SSSR count). The van der Waals surface area contributed by atoms with Gasteiger partial charge in [-0.3, -0.25) is 4.79 Å². The second kappa shape index (κ2) is 9.12. The molecular weight excluding hydrogens is 344 g/mol. The van der Waals surface area contributed by atoms with Crippen molar-refractivity contribution in [2.45, 2.75) is 19.9 Å². The van der Waals surface area contributed by atoms with Crippen LogP contribution in [-0.2, 0) is 9.53 Å². The summed E-state index contributed by atoms with van der Waals surface area (Å²) in [7, 11) is 0. The van der Waals surface area contributed by atoms with E-state index in [9.17, 15) is 4.79 Å². The van der Waals surface area contributed by atoms with Gasteiger partial charge < -0.3 is 15.0 Å². The van der Waals surface area contributed by atoms with Gasteiger partial charge in [0.1, 0.15) is 25.7 Å². The second-order valence-corrected chi connectivity index (χ2v) is 7.79. The summed E-state index contributed by atoms with van der Waals surface area (Å²) < 4.78 is 5.46. The third kappa shape index (κ3) is 5.27. The summed E-state index contributed by atoms with van der Waals surface area (Å²) in [5.41, 5.74) is 3.58. The van der Waals surface area contributed by atoms with Gasteiger partial charge in [-0.15, -0.1) is 11.3 Å². The molecular formula is C21H27N2O2S+. The molecule has 138 valence electrons. The highest BCUT2D eigenvalue weighted by molar-refractivity contribution is 7.11. The Morgan fingerprint density at radius 1 is 1.23 bits per heavy atom. The first-order valence-electron chi connectivity index (χ1n) is 9.12. The van der Waals surface area contributed by atoms with E-state index in [0.717, 1.165) is 43.3 Å². The maximum Gasteiger partial charge on any atom is 0.244 e. The van der Waals surface area contributed by atoms with Gasteiger partial charge in [0.25, 0.3) is 0 Å². The van der Waals surface area contributed by atoms with Gasteiger partial charge in [-0.05, 0) is 42.5 Å². The standard InChI is InChI=1S/C21H26N2O2S/c1-16-3-5-18(6-4-16)19(15-23-10-12-25-13-11-23)22-21(24)8-7-20-17(2)9-14-26-20/h3-9,14,19H,10-13,15H2,1-2H3,(H,22,24)/p+1/b8-7+/t19-/m1/s1. The second-order valence-electron chi connectivity index (χ2n) is 6.84. The largest absolute Gasteiger partial charge is 0.370 e. The number of ether oxygens (including phenoxy) is 1. The van der Waals surface area contributed by atoms with Crippen LogP contribution in [0.1, 0.15) is 27.6 Å². The van der Waals surface area contributed by atoms with E-state index in [2.05, 4.69) is 49.5 Å². The topological polar surface area (TPSA) is 42.8 Å². The molecule has 1 aliphatic rings. The third-order valence-electron chi connectivity index (χ3n) is 4.78. The van der Waals surface area contributed by atoms with E-state index < -0.39 is 0 Å². The average Bonchev–Trinajstić information content (AvgIpc) is 3.06. The minimum absolute atomic E-state index is 0.00489. The van der Waals surface area contributed by atoms with Crippen LogP contribution in [0.2, 0.25) is 0 Å². The molecule has 0 spiro atoms. The summed E-state index contributed by atoms with van der Waals surface area (Å²) in [4.78, 5) is 15.1. The first-order chi connectivity index (χ1) is 12.6. The van der Waals surface area contributed by atoms with Crippen LogP contribution in [0.15, 0.2) is 41.8 Å². The van der Waals surface area contributed by atoms with Crippen LogP contribution < -0.4 is 10.2 Å². The molecule has 26 heavy (non-hydrogen) atoms. The maximum absolute atomic E-state index is 12.5. The number of carbonyl (C=O) groups excluding carboxylic acids is 1.